The van der Waals surface area contributed by atoms with E-state index in [0.29, 0.717) is 13.0 Å². The van der Waals surface area contributed by atoms with Crippen LogP contribution in [-0.4, -0.2) is 23.8 Å². The van der Waals surface area contributed by atoms with Crippen molar-refractivity contribution in [3.8, 4) is 0 Å². The van der Waals surface area contributed by atoms with E-state index in [9.17, 15) is 9.90 Å². The summed E-state index contributed by atoms with van der Waals surface area (Å²) in [6, 6.07) is 9.63. The molecule has 0 unspecified atom stereocenters. The molecule has 3 heteroatoms. The second-order valence-electron chi connectivity index (χ2n) is 3.79. The number of carbonyl (C=O) groups excluding carboxylic acids is 1. The summed E-state index contributed by atoms with van der Waals surface area (Å²) in [5, 5.41) is 9.57. The first kappa shape index (κ1) is 12.7. The van der Waals surface area contributed by atoms with Crippen molar-refractivity contribution in [2.75, 3.05) is 6.61 Å². The zero-order valence-corrected chi connectivity index (χ0v) is 9.72. The van der Waals surface area contributed by atoms with Crippen molar-refractivity contribution in [2.24, 2.45) is 5.92 Å². The maximum atomic E-state index is 11.6. The van der Waals surface area contributed by atoms with Gasteiger partial charge in [0.05, 0.1) is 18.6 Å². The van der Waals surface area contributed by atoms with Gasteiger partial charge in [-0.3, -0.25) is 4.79 Å². The van der Waals surface area contributed by atoms with Crippen LogP contribution in [0.25, 0.3) is 0 Å². The van der Waals surface area contributed by atoms with Crippen molar-refractivity contribution >= 4 is 5.97 Å². The van der Waals surface area contributed by atoms with Gasteiger partial charge in [-0.1, -0.05) is 30.3 Å². The summed E-state index contributed by atoms with van der Waals surface area (Å²) >= 11 is 0. The molecule has 2 atom stereocenters. The first-order valence-electron chi connectivity index (χ1n) is 5.53. The van der Waals surface area contributed by atoms with E-state index in [-0.39, 0.29) is 5.97 Å². The number of rotatable bonds is 5. The highest BCUT2D eigenvalue weighted by atomic mass is 16.5. The van der Waals surface area contributed by atoms with Gasteiger partial charge in [-0.15, -0.1) is 0 Å². The van der Waals surface area contributed by atoms with Gasteiger partial charge in [0.25, 0.3) is 0 Å². The van der Waals surface area contributed by atoms with Gasteiger partial charge in [-0.25, -0.2) is 0 Å². The van der Waals surface area contributed by atoms with E-state index >= 15 is 0 Å². The molecule has 0 aromatic heterocycles. The van der Waals surface area contributed by atoms with Gasteiger partial charge in [0.1, 0.15) is 0 Å². The van der Waals surface area contributed by atoms with Crippen molar-refractivity contribution in [2.45, 2.75) is 26.4 Å². The lowest BCUT2D eigenvalue weighted by Gasteiger charge is -2.18. The van der Waals surface area contributed by atoms with Crippen molar-refractivity contribution in [1.29, 1.82) is 0 Å². The van der Waals surface area contributed by atoms with Crippen LogP contribution in [0.4, 0.5) is 0 Å². The standard InChI is InChI=1S/C13H18O3/c1-3-16-13(15)12(10(2)14)9-11-7-5-4-6-8-11/h4-8,10,12,14H,3,9H2,1-2H3/t10-,12-/m0/s1. The van der Waals surface area contributed by atoms with E-state index in [2.05, 4.69) is 0 Å². The molecule has 0 aliphatic heterocycles. The molecule has 0 bridgehead atoms. The molecule has 88 valence electrons. The Morgan fingerprint density at radius 1 is 1.38 bits per heavy atom. The second-order valence-corrected chi connectivity index (χ2v) is 3.79. The molecule has 0 spiro atoms. The fraction of sp³-hybridized carbons (Fsp3) is 0.462. The third-order valence-electron chi connectivity index (χ3n) is 2.47. The summed E-state index contributed by atoms with van der Waals surface area (Å²) in [5.74, 6) is -0.816. The number of hydrogen-bond donors (Lipinski definition) is 1. The first-order chi connectivity index (χ1) is 7.65. The third kappa shape index (κ3) is 3.66. The molecule has 0 heterocycles. The van der Waals surface area contributed by atoms with Crippen molar-refractivity contribution in [1.82, 2.24) is 0 Å². The van der Waals surface area contributed by atoms with Crippen molar-refractivity contribution in [3.63, 3.8) is 0 Å². The largest absolute Gasteiger partial charge is 0.466 e. The summed E-state index contributed by atoms with van der Waals surface area (Å²) in [6.07, 6.45) is -0.184. The molecular weight excluding hydrogens is 204 g/mol. The van der Waals surface area contributed by atoms with Crippen molar-refractivity contribution < 1.29 is 14.6 Å². The second kappa shape index (κ2) is 6.28. The van der Waals surface area contributed by atoms with E-state index in [1.165, 1.54) is 0 Å². The molecule has 0 fully saturated rings. The minimum Gasteiger partial charge on any atom is -0.466 e. The Labute approximate surface area is 96.1 Å². The van der Waals surface area contributed by atoms with E-state index in [4.69, 9.17) is 4.74 Å². The Morgan fingerprint density at radius 2 is 2.00 bits per heavy atom. The van der Waals surface area contributed by atoms with E-state index in [1.807, 2.05) is 30.3 Å². The van der Waals surface area contributed by atoms with Crippen LogP contribution in [0.3, 0.4) is 0 Å². The summed E-state index contributed by atoms with van der Waals surface area (Å²) in [6.45, 7) is 3.72. The number of ether oxygens (including phenoxy) is 1. The third-order valence-corrected chi connectivity index (χ3v) is 2.47. The SMILES string of the molecule is CCOC(=O)[C@@H](Cc1ccccc1)[C@H](C)O. The van der Waals surface area contributed by atoms with Crippen LogP contribution in [0, 0.1) is 5.92 Å². The maximum Gasteiger partial charge on any atom is 0.311 e. The lowest BCUT2D eigenvalue weighted by Crippen LogP contribution is -2.29. The Kier molecular flexibility index (Phi) is 4.99. The maximum absolute atomic E-state index is 11.6. The molecule has 0 saturated carbocycles. The molecule has 1 N–H and O–H groups in total. The summed E-state index contributed by atoms with van der Waals surface area (Å²) in [4.78, 5) is 11.6. The zero-order chi connectivity index (χ0) is 12.0. The van der Waals surface area contributed by atoms with Gasteiger partial charge in [0, 0.05) is 0 Å². The molecule has 0 amide bonds. The lowest BCUT2D eigenvalue weighted by molar-refractivity contribution is -0.151. The molecular formula is C13H18O3. The zero-order valence-electron chi connectivity index (χ0n) is 9.72. The molecule has 0 saturated heterocycles. The van der Waals surface area contributed by atoms with Crippen LogP contribution in [0.5, 0.6) is 0 Å². The number of benzene rings is 1. The van der Waals surface area contributed by atoms with E-state index < -0.39 is 12.0 Å². The minimum absolute atomic E-state index is 0.332. The number of aliphatic hydroxyl groups excluding tert-OH is 1. The quantitative estimate of drug-likeness (QED) is 0.773. The lowest BCUT2D eigenvalue weighted by atomic mass is 9.95. The van der Waals surface area contributed by atoms with Crippen molar-refractivity contribution in [3.05, 3.63) is 35.9 Å². The van der Waals surface area contributed by atoms with Crippen LogP contribution < -0.4 is 0 Å². The fourth-order valence-electron chi connectivity index (χ4n) is 1.57. The van der Waals surface area contributed by atoms with Crippen LogP contribution in [0.1, 0.15) is 19.4 Å². The van der Waals surface area contributed by atoms with Crippen LogP contribution in [-0.2, 0) is 16.0 Å². The Bertz CT molecular complexity index is 319. The fourth-order valence-corrected chi connectivity index (χ4v) is 1.57. The van der Waals surface area contributed by atoms with E-state index in [1.54, 1.807) is 13.8 Å². The van der Waals surface area contributed by atoms with Gasteiger partial charge in [-0.2, -0.15) is 0 Å². The molecule has 3 nitrogen and oxygen atoms in total. The number of hydrogen-bond acceptors (Lipinski definition) is 3. The summed E-state index contributed by atoms with van der Waals surface area (Å²) in [7, 11) is 0. The Balaban J connectivity index is 2.69. The van der Waals surface area contributed by atoms with Crippen LogP contribution in [0.15, 0.2) is 30.3 Å². The molecule has 1 rings (SSSR count). The first-order valence-corrected chi connectivity index (χ1v) is 5.53. The monoisotopic (exact) mass is 222 g/mol. The molecule has 16 heavy (non-hydrogen) atoms. The highest BCUT2D eigenvalue weighted by molar-refractivity contribution is 5.73. The predicted molar refractivity (Wildman–Crippen MR) is 61.9 cm³/mol. The smallest absolute Gasteiger partial charge is 0.311 e. The average molecular weight is 222 g/mol. The summed E-state index contributed by atoms with van der Waals surface area (Å²) in [5.41, 5.74) is 1.03. The highest BCUT2D eigenvalue weighted by Crippen LogP contribution is 2.14. The number of esters is 1. The number of carbonyl (C=O) groups is 1. The van der Waals surface area contributed by atoms with Gasteiger partial charge < -0.3 is 9.84 Å². The van der Waals surface area contributed by atoms with Gasteiger partial charge in [0.2, 0.25) is 0 Å². The Morgan fingerprint density at radius 3 is 2.50 bits per heavy atom. The summed E-state index contributed by atoms with van der Waals surface area (Å²) < 4.78 is 4.94. The minimum atomic E-state index is -0.695. The average Bonchev–Trinajstić information content (AvgIpc) is 2.27. The van der Waals surface area contributed by atoms with Gasteiger partial charge >= 0.3 is 5.97 Å². The van der Waals surface area contributed by atoms with Crippen LogP contribution in [0.2, 0.25) is 0 Å². The number of aliphatic hydroxyl groups is 1. The molecule has 0 radical (unpaired) electrons. The molecule has 1 aromatic carbocycles. The molecule has 0 aliphatic rings. The topological polar surface area (TPSA) is 46.5 Å². The molecule has 1 aromatic rings. The van der Waals surface area contributed by atoms with Gasteiger partial charge in [0.15, 0.2) is 0 Å². The van der Waals surface area contributed by atoms with E-state index in [0.717, 1.165) is 5.56 Å². The predicted octanol–water partition coefficient (Wildman–Crippen LogP) is 1.79. The Hall–Kier alpha value is -1.35. The normalized spacial score (nSPS) is 14.2. The van der Waals surface area contributed by atoms with Gasteiger partial charge in [-0.05, 0) is 25.8 Å². The molecule has 0 aliphatic carbocycles. The van der Waals surface area contributed by atoms with Crippen LogP contribution >= 0.6 is 0 Å². The highest BCUT2D eigenvalue weighted by Gasteiger charge is 2.25.